The molecular weight excluding hydrogens is 356 g/mol. The minimum atomic E-state index is 0. The molecule has 1 aliphatic rings. The Labute approximate surface area is 165 Å². The lowest BCUT2D eigenvalue weighted by atomic mass is 10.0. The maximum Gasteiger partial charge on any atom is 0.214 e. The number of nitrogens with two attached hydrogens (primary N) is 1. The molecule has 0 saturated heterocycles. The predicted molar refractivity (Wildman–Crippen MR) is 115 cm³/mol. The van der Waals surface area contributed by atoms with Gasteiger partial charge in [0, 0.05) is 0 Å². The van der Waals surface area contributed by atoms with Gasteiger partial charge in [0.05, 0.1) is 11.9 Å². The van der Waals surface area contributed by atoms with Crippen LogP contribution in [0.2, 0.25) is 0 Å². The quantitative estimate of drug-likeness (QED) is 0.313. The molecule has 0 aliphatic heterocycles. The highest BCUT2D eigenvalue weighted by Gasteiger charge is 2.17. The third-order valence-electron chi connectivity index (χ3n) is 4.49. The minimum absolute atomic E-state index is 0. The zero-order chi connectivity index (χ0) is 17.9. The first-order valence-electron chi connectivity index (χ1n) is 8.60. The summed E-state index contributed by atoms with van der Waals surface area (Å²) < 4.78 is 0. The number of nitrogens with one attached hydrogen (secondary N) is 1. The second-order valence-electron chi connectivity index (χ2n) is 6.45. The maximum atomic E-state index is 5.88. The van der Waals surface area contributed by atoms with Crippen molar-refractivity contribution in [3.63, 3.8) is 0 Å². The van der Waals surface area contributed by atoms with Crippen molar-refractivity contribution in [1.82, 2.24) is 5.43 Å². The molecule has 0 heterocycles. The van der Waals surface area contributed by atoms with Gasteiger partial charge in [-0.15, -0.1) is 12.4 Å². The van der Waals surface area contributed by atoms with Crippen LogP contribution in [-0.4, -0.2) is 12.2 Å². The van der Waals surface area contributed by atoms with E-state index >= 15 is 0 Å². The first-order chi connectivity index (χ1) is 12.7. The van der Waals surface area contributed by atoms with Crippen LogP contribution in [0.1, 0.15) is 22.3 Å². The summed E-state index contributed by atoms with van der Waals surface area (Å²) in [6.07, 6.45) is 2.73. The normalized spacial score (nSPS) is 12.4. The van der Waals surface area contributed by atoms with E-state index < -0.39 is 0 Å². The highest BCUT2D eigenvalue weighted by Crippen LogP contribution is 2.36. The molecule has 0 fully saturated rings. The highest BCUT2D eigenvalue weighted by molar-refractivity contribution is 5.86. The molecule has 27 heavy (non-hydrogen) atoms. The number of halogens is 1. The molecule has 136 valence electrons. The van der Waals surface area contributed by atoms with Crippen LogP contribution in [0.5, 0.6) is 0 Å². The van der Waals surface area contributed by atoms with Gasteiger partial charge in [-0.3, -0.25) is 0 Å². The molecule has 0 bridgehead atoms. The average Bonchev–Trinajstić information content (AvgIpc) is 3.01. The zero-order valence-electron chi connectivity index (χ0n) is 15.0. The van der Waals surface area contributed by atoms with E-state index in [0.29, 0.717) is 0 Å². The van der Waals surface area contributed by atoms with Crippen molar-refractivity contribution < 1.29 is 0 Å². The van der Waals surface area contributed by atoms with E-state index in [9.17, 15) is 0 Å². The first kappa shape index (κ1) is 18.7. The van der Waals surface area contributed by atoms with Gasteiger partial charge in [-0.1, -0.05) is 54.1 Å². The first-order valence-corrected chi connectivity index (χ1v) is 8.60. The van der Waals surface area contributed by atoms with Crippen LogP contribution < -0.4 is 11.2 Å². The van der Waals surface area contributed by atoms with Gasteiger partial charge in [0.25, 0.3) is 0 Å². The molecule has 5 heteroatoms. The Morgan fingerprint density at radius 1 is 0.963 bits per heavy atom. The molecule has 0 saturated carbocycles. The van der Waals surface area contributed by atoms with Gasteiger partial charge in [-0.2, -0.15) is 5.10 Å². The van der Waals surface area contributed by atoms with Gasteiger partial charge < -0.3 is 5.73 Å². The molecule has 1 aliphatic carbocycles. The minimum Gasteiger partial charge on any atom is -0.368 e. The topological polar surface area (TPSA) is 62.8 Å². The number of nitrogens with zero attached hydrogens (tertiary/aromatic N) is 2. The van der Waals surface area contributed by atoms with E-state index in [4.69, 9.17) is 5.73 Å². The Morgan fingerprint density at radius 3 is 2.52 bits per heavy atom. The number of hydrazone groups is 1. The van der Waals surface area contributed by atoms with Gasteiger partial charge >= 0.3 is 0 Å². The van der Waals surface area contributed by atoms with Crippen molar-refractivity contribution in [1.29, 1.82) is 0 Å². The molecule has 3 aromatic rings. The largest absolute Gasteiger partial charge is 0.368 e. The standard InChI is InChI=1S/C22H20N4.ClH/c1-15-6-9-19(10-7-15)25-22(23)26-24-14-16-8-11-21-18(12-16)13-17-4-2-3-5-20(17)21;/h2-12,14H,13H2,1H3,(H3,23,25,26);1H/b24-14+;. The van der Waals surface area contributed by atoms with E-state index in [1.807, 2.05) is 31.2 Å². The number of hydrogen-bond acceptors (Lipinski definition) is 2. The fourth-order valence-electron chi connectivity index (χ4n) is 3.20. The van der Waals surface area contributed by atoms with E-state index in [1.165, 1.54) is 27.8 Å². The van der Waals surface area contributed by atoms with Crippen LogP contribution in [-0.2, 0) is 6.42 Å². The van der Waals surface area contributed by atoms with E-state index in [-0.39, 0.29) is 18.4 Å². The second-order valence-corrected chi connectivity index (χ2v) is 6.45. The van der Waals surface area contributed by atoms with Gasteiger partial charge in [-0.25, -0.2) is 10.4 Å². The third kappa shape index (κ3) is 4.18. The third-order valence-corrected chi connectivity index (χ3v) is 4.49. The van der Waals surface area contributed by atoms with Crippen molar-refractivity contribution in [2.24, 2.45) is 15.8 Å². The van der Waals surface area contributed by atoms with Crippen LogP contribution in [0.3, 0.4) is 0 Å². The molecule has 4 nitrogen and oxygen atoms in total. The van der Waals surface area contributed by atoms with Gasteiger partial charge in [0.15, 0.2) is 0 Å². The van der Waals surface area contributed by atoms with Crippen molar-refractivity contribution in [3.05, 3.63) is 89.0 Å². The van der Waals surface area contributed by atoms with Crippen LogP contribution >= 0.6 is 12.4 Å². The number of rotatable bonds is 3. The van der Waals surface area contributed by atoms with E-state index in [1.54, 1.807) is 6.21 Å². The Balaban J connectivity index is 0.00000210. The summed E-state index contributed by atoms with van der Waals surface area (Å²) in [5, 5.41) is 4.20. The van der Waals surface area contributed by atoms with Crippen LogP contribution in [0.25, 0.3) is 11.1 Å². The van der Waals surface area contributed by atoms with Crippen molar-refractivity contribution in [2.45, 2.75) is 13.3 Å². The Hall–Kier alpha value is -3.11. The average molecular weight is 377 g/mol. The molecule has 0 amide bonds. The SMILES string of the molecule is Cc1ccc(N=C(N)N/N=C/c2ccc3c(c2)Cc2ccccc2-3)cc1.Cl. The van der Waals surface area contributed by atoms with Gasteiger partial charge in [0.2, 0.25) is 5.96 Å². The summed E-state index contributed by atoms with van der Waals surface area (Å²) in [4.78, 5) is 4.29. The van der Waals surface area contributed by atoms with Crippen LogP contribution in [0.15, 0.2) is 76.8 Å². The summed E-state index contributed by atoms with van der Waals surface area (Å²) in [6, 6.07) is 22.8. The predicted octanol–water partition coefficient (Wildman–Crippen LogP) is 4.56. The monoisotopic (exact) mass is 376 g/mol. The molecular formula is C22H21ClN4. The molecule has 3 aromatic carbocycles. The molecule has 0 spiro atoms. The van der Waals surface area contributed by atoms with Gasteiger partial charge in [0.1, 0.15) is 0 Å². The molecule has 0 atom stereocenters. The summed E-state index contributed by atoms with van der Waals surface area (Å²) in [7, 11) is 0. The molecule has 0 unspecified atom stereocenters. The van der Waals surface area contributed by atoms with Crippen LogP contribution in [0, 0.1) is 6.92 Å². The number of fused-ring (bicyclic) bond motifs is 3. The number of guanidine groups is 1. The summed E-state index contributed by atoms with van der Waals surface area (Å²) in [6.45, 7) is 2.04. The highest BCUT2D eigenvalue weighted by atomic mass is 35.5. The van der Waals surface area contributed by atoms with E-state index in [2.05, 4.69) is 58.0 Å². The van der Waals surface area contributed by atoms with Crippen LogP contribution in [0.4, 0.5) is 5.69 Å². The molecule has 3 N–H and O–H groups in total. The summed E-state index contributed by atoms with van der Waals surface area (Å²) in [5.41, 5.74) is 17.0. The molecule has 0 radical (unpaired) electrons. The number of aliphatic imine (C=N–C) groups is 1. The fraction of sp³-hybridized carbons (Fsp3) is 0.0909. The maximum absolute atomic E-state index is 5.88. The Morgan fingerprint density at radius 2 is 1.70 bits per heavy atom. The van der Waals surface area contributed by atoms with Gasteiger partial charge in [-0.05, 0) is 59.4 Å². The Kier molecular flexibility index (Phi) is 5.57. The Bertz CT molecular complexity index is 1010. The molecule has 0 aromatic heterocycles. The number of benzene rings is 3. The fourth-order valence-corrected chi connectivity index (χ4v) is 3.20. The zero-order valence-corrected chi connectivity index (χ0v) is 15.8. The lowest BCUT2D eigenvalue weighted by molar-refractivity contribution is 1.01. The van der Waals surface area contributed by atoms with Crippen molar-refractivity contribution in [2.75, 3.05) is 0 Å². The molecule has 4 rings (SSSR count). The summed E-state index contributed by atoms with van der Waals surface area (Å²) in [5.74, 6) is 0.263. The summed E-state index contributed by atoms with van der Waals surface area (Å²) >= 11 is 0. The lowest BCUT2D eigenvalue weighted by Crippen LogP contribution is -2.26. The number of hydrogen-bond donors (Lipinski definition) is 2. The van der Waals surface area contributed by atoms with E-state index in [0.717, 1.165) is 17.7 Å². The number of aryl methyl sites for hydroxylation is 1. The second kappa shape index (κ2) is 8.06. The van der Waals surface area contributed by atoms with Crippen molar-refractivity contribution in [3.8, 4) is 11.1 Å². The lowest BCUT2D eigenvalue weighted by Gasteiger charge is -2.02. The smallest absolute Gasteiger partial charge is 0.214 e. The van der Waals surface area contributed by atoms with Crippen molar-refractivity contribution >= 4 is 30.3 Å².